The van der Waals surface area contributed by atoms with Crippen molar-refractivity contribution in [2.24, 2.45) is 4.99 Å². The summed E-state index contributed by atoms with van der Waals surface area (Å²) < 4.78 is 1.32. The molecular weight excluding hydrogens is 408 g/mol. The van der Waals surface area contributed by atoms with Crippen LogP contribution in [0.3, 0.4) is 0 Å². The summed E-state index contributed by atoms with van der Waals surface area (Å²) in [6.45, 7) is 3.67. The van der Waals surface area contributed by atoms with Crippen molar-refractivity contribution in [1.29, 1.82) is 0 Å². The summed E-state index contributed by atoms with van der Waals surface area (Å²) in [5.41, 5.74) is 2.19. The lowest BCUT2D eigenvalue weighted by Gasteiger charge is -2.27. The average Bonchev–Trinajstić information content (AvgIpc) is 2.67. The van der Waals surface area contributed by atoms with Gasteiger partial charge in [0.05, 0.1) is 4.92 Å². The molecular formula is C20H17ClN6O3. The standard InChI is InChI=1S/C20H17ClN6O3/c1-11-4-3-5-13(8-11)23-19-24-18(15-10-14(27(29)30)6-7-16(15)21)26-17(28)9-12(2)22-20(26)25-19/h3-10,18H,1-2H3,(H2,22,23,24,25). The number of non-ortho nitro benzene ring substituents is 1. The molecule has 3 aromatic rings. The number of halogens is 1. The number of nitrogens with one attached hydrogen (secondary N) is 2. The second-order valence-corrected chi connectivity index (χ2v) is 7.27. The number of guanidine groups is 1. The average molecular weight is 425 g/mol. The molecule has 1 unspecified atom stereocenters. The number of fused-ring (bicyclic) bond motifs is 1. The van der Waals surface area contributed by atoms with E-state index >= 15 is 0 Å². The van der Waals surface area contributed by atoms with Crippen molar-refractivity contribution in [3.63, 3.8) is 0 Å². The van der Waals surface area contributed by atoms with Gasteiger partial charge in [-0.1, -0.05) is 23.7 Å². The molecule has 0 radical (unpaired) electrons. The van der Waals surface area contributed by atoms with Crippen LogP contribution in [-0.2, 0) is 0 Å². The molecule has 0 bridgehead atoms. The molecule has 1 aromatic heterocycles. The monoisotopic (exact) mass is 424 g/mol. The van der Waals surface area contributed by atoms with Gasteiger partial charge < -0.3 is 5.32 Å². The van der Waals surface area contributed by atoms with E-state index in [2.05, 4.69) is 20.6 Å². The Kier molecular flexibility index (Phi) is 4.96. The molecule has 1 atom stereocenters. The van der Waals surface area contributed by atoms with Crippen LogP contribution in [0.4, 0.5) is 17.3 Å². The fourth-order valence-corrected chi connectivity index (χ4v) is 3.44. The van der Waals surface area contributed by atoms with Crippen molar-refractivity contribution in [1.82, 2.24) is 9.55 Å². The largest absolute Gasteiger partial charge is 0.326 e. The van der Waals surface area contributed by atoms with E-state index in [-0.39, 0.29) is 22.2 Å². The Labute approximate surface area is 176 Å². The first kappa shape index (κ1) is 19.6. The van der Waals surface area contributed by atoms with E-state index in [0.717, 1.165) is 11.3 Å². The Bertz CT molecular complexity index is 1250. The molecule has 2 aromatic carbocycles. The van der Waals surface area contributed by atoms with Crippen LogP contribution in [0.25, 0.3) is 0 Å². The number of aromatic nitrogens is 2. The van der Waals surface area contributed by atoms with Crippen molar-refractivity contribution in [3.8, 4) is 0 Å². The van der Waals surface area contributed by atoms with Crippen LogP contribution in [0, 0.1) is 24.0 Å². The second kappa shape index (κ2) is 7.60. The third-order valence-electron chi connectivity index (χ3n) is 4.56. The van der Waals surface area contributed by atoms with Crippen LogP contribution in [0.15, 0.2) is 58.3 Å². The highest BCUT2D eigenvalue weighted by molar-refractivity contribution is 6.31. The van der Waals surface area contributed by atoms with Gasteiger partial charge in [0.25, 0.3) is 11.2 Å². The number of anilines is 2. The molecule has 9 nitrogen and oxygen atoms in total. The minimum Gasteiger partial charge on any atom is -0.326 e. The molecule has 1 aliphatic rings. The molecule has 2 heterocycles. The Balaban J connectivity index is 1.86. The van der Waals surface area contributed by atoms with E-state index < -0.39 is 11.1 Å². The maximum absolute atomic E-state index is 12.7. The molecule has 152 valence electrons. The first-order valence-corrected chi connectivity index (χ1v) is 9.42. The molecule has 0 aliphatic carbocycles. The second-order valence-electron chi connectivity index (χ2n) is 6.86. The lowest BCUT2D eigenvalue weighted by Crippen LogP contribution is -2.37. The van der Waals surface area contributed by atoms with Crippen molar-refractivity contribution < 1.29 is 4.92 Å². The third-order valence-corrected chi connectivity index (χ3v) is 4.90. The highest BCUT2D eigenvalue weighted by atomic mass is 35.5. The van der Waals surface area contributed by atoms with Crippen LogP contribution >= 0.6 is 11.6 Å². The van der Waals surface area contributed by atoms with E-state index in [9.17, 15) is 14.9 Å². The zero-order valence-corrected chi connectivity index (χ0v) is 16.8. The van der Waals surface area contributed by atoms with Gasteiger partial charge in [-0.3, -0.25) is 24.8 Å². The summed E-state index contributed by atoms with van der Waals surface area (Å²) in [6.07, 6.45) is -0.929. The number of hydrogen-bond acceptors (Lipinski definition) is 7. The summed E-state index contributed by atoms with van der Waals surface area (Å²) in [7, 11) is 0. The SMILES string of the molecule is Cc1cccc(NC2=NC(c3cc([N+](=O)[O-])ccc3Cl)n3c(nc(C)cc3=O)N2)c1. The highest BCUT2D eigenvalue weighted by Gasteiger charge is 2.28. The summed E-state index contributed by atoms with van der Waals surface area (Å²) >= 11 is 6.34. The Morgan fingerprint density at radius 3 is 2.73 bits per heavy atom. The molecule has 0 spiro atoms. The van der Waals surface area contributed by atoms with Gasteiger partial charge in [-0.25, -0.2) is 9.98 Å². The quantitative estimate of drug-likeness (QED) is 0.487. The highest BCUT2D eigenvalue weighted by Crippen LogP contribution is 2.33. The van der Waals surface area contributed by atoms with Crippen LogP contribution in [0.1, 0.15) is 23.0 Å². The Hall–Kier alpha value is -3.72. The van der Waals surface area contributed by atoms with Crippen molar-refractivity contribution in [2.45, 2.75) is 20.0 Å². The summed E-state index contributed by atoms with van der Waals surface area (Å²) in [5.74, 6) is 0.600. The minimum absolute atomic E-state index is 0.147. The van der Waals surface area contributed by atoms with Crippen molar-refractivity contribution in [2.75, 3.05) is 10.6 Å². The number of nitrogens with zero attached hydrogens (tertiary/aromatic N) is 4. The lowest BCUT2D eigenvalue weighted by molar-refractivity contribution is -0.384. The first-order valence-electron chi connectivity index (χ1n) is 9.04. The Morgan fingerprint density at radius 2 is 2.00 bits per heavy atom. The van der Waals surface area contributed by atoms with Gasteiger partial charge in [-0.05, 0) is 37.6 Å². The van der Waals surface area contributed by atoms with Gasteiger partial charge >= 0.3 is 0 Å². The zero-order chi connectivity index (χ0) is 21.4. The molecule has 0 fully saturated rings. The molecule has 1 aliphatic heterocycles. The predicted octanol–water partition coefficient (Wildman–Crippen LogP) is 3.86. The number of nitro groups is 1. The number of hydrogen-bond donors (Lipinski definition) is 2. The van der Waals surface area contributed by atoms with Crippen LogP contribution in [0.5, 0.6) is 0 Å². The van der Waals surface area contributed by atoms with Crippen LogP contribution in [0.2, 0.25) is 5.02 Å². The van der Waals surface area contributed by atoms with Gasteiger partial charge in [0.1, 0.15) is 0 Å². The van der Waals surface area contributed by atoms with Crippen molar-refractivity contribution >= 4 is 34.9 Å². The number of benzene rings is 2. The molecule has 4 rings (SSSR count). The fourth-order valence-electron chi connectivity index (χ4n) is 3.22. The van der Waals surface area contributed by atoms with E-state index in [4.69, 9.17) is 11.6 Å². The van der Waals surface area contributed by atoms with E-state index in [1.165, 1.54) is 28.8 Å². The predicted molar refractivity (Wildman–Crippen MR) is 115 cm³/mol. The molecule has 2 N–H and O–H groups in total. The summed E-state index contributed by atoms with van der Waals surface area (Å²) in [6, 6.07) is 13.1. The zero-order valence-electron chi connectivity index (χ0n) is 16.1. The maximum atomic E-state index is 12.7. The fraction of sp³-hybridized carbons (Fsp3) is 0.150. The topological polar surface area (TPSA) is 114 Å². The van der Waals surface area contributed by atoms with E-state index in [0.29, 0.717) is 17.2 Å². The van der Waals surface area contributed by atoms with Gasteiger partial charge in [0.15, 0.2) is 6.17 Å². The first-order chi connectivity index (χ1) is 14.3. The summed E-state index contributed by atoms with van der Waals surface area (Å²) in [4.78, 5) is 32.4. The summed E-state index contributed by atoms with van der Waals surface area (Å²) in [5, 5.41) is 17.7. The van der Waals surface area contributed by atoms with Gasteiger partial charge in [0, 0.05) is 40.2 Å². The molecule has 0 saturated heterocycles. The van der Waals surface area contributed by atoms with Gasteiger partial charge in [-0.2, -0.15) is 0 Å². The third kappa shape index (κ3) is 3.74. The van der Waals surface area contributed by atoms with Crippen LogP contribution in [-0.4, -0.2) is 20.4 Å². The number of aliphatic imine (C=N–C) groups is 1. The van der Waals surface area contributed by atoms with E-state index in [1.807, 2.05) is 31.2 Å². The van der Waals surface area contributed by atoms with E-state index in [1.54, 1.807) is 6.92 Å². The lowest BCUT2D eigenvalue weighted by atomic mass is 10.1. The normalized spacial score (nSPS) is 15.0. The van der Waals surface area contributed by atoms with Gasteiger partial charge in [0.2, 0.25) is 11.9 Å². The number of aryl methyl sites for hydroxylation is 2. The number of nitro benzene ring substituents is 1. The molecule has 0 amide bonds. The van der Waals surface area contributed by atoms with Crippen molar-refractivity contribution in [3.05, 3.63) is 90.8 Å². The molecule has 0 saturated carbocycles. The van der Waals surface area contributed by atoms with Crippen LogP contribution < -0.4 is 16.2 Å². The number of rotatable bonds is 3. The minimum atomic E-state index is -0.929. The Morgan fingerprint density at radius 1 is 1.20 bits per heavy atom. The maximum Gasteiger partial charge on any atom is 0.269 e. The van der Waals surface area contributed by atoms with Gasteiger partial charge in [-0.15, -0.1) is 0 Å². The molecule has 30 heavy (non-hydrogen) atoms. The molecule has 10 heteroatoms. The smallest absolute Gasteiger partial charge is 0.269 e.